The molecule has 1 aromatic carbocycles. The lowest BCUT2D eigenvalue weighted by Gasteiger charge is -2.19. The van der Waals surface area contributed by atoms with Crippen LogP contribution in [0.15, 0.2) is 18.2 Å². The molecule has 0 fully saturated rings. The normalized spacial score (nSPS) is 10.0. The molecule has 0 saturated carbocycles. The summed E-state index contributed by atoms with van der Waals surface area (Å²) in [5.74, 6) is -0.664. The second-order valence-corrected chi connectivity index (χ2v) is 3.30. The van der Waals surface area contributed by atoms with Crippen molar-refractivity contribution in [1.29, 1.82) is 0 Å². The van der Waals surface area contributed by atoms with Crippen molar-refractivity contribution in [2.75, 3.05) is 11.4 Å². The van der Waals surface area contributed by atoms with Crippen molar-refractivity contribution in [3.63, 3.8) is 0 Å². The van der Waals surface area contributed by atoms with E-state index in [1.54, 1.807) is 13.0 Å². The van der Waals surface area contributed by atoms with Gasteiger partial charge in [-0.25, -0.2) is 4.39 Å². The van der Waals surface area contributed by atoms with Gasteiger partial charge in [-0.1, -0.05) is 11.6 Å². The lowest BCUT2D eigenvalue weighted by Crippen LogP contribution is -2.28. The third-order valence-electron chi connectivity index (χ3n) is 1.90. The molecule has 0 aliphatic carbocycles. The quantitative estimate of drug-likeness (QED) is 0.743. The van der Waals surface area contributed by atoms with Gasteiger partial charge < -0.3 is 4.90 Å². The van der Waals surface area contributed by atoms with E-state index in [0.29, 0.717) is 11.6 Å². The maximum absolute atomic E-state index is 13.4. The monoisotopic (exact) mass is 215 g/mol. The Morgan fingerprint density at radius 2 is 2.21 bits per heavy atom. The van der Waals surface area contributed by atoms with Gasteiger partial charge >= 0.3 is 0 Å². The predicted molar refractivity (Wildman–Crippen MR) is 55.1 cm³/mol. The molecule has 0 aliphatic heterocycles. The molecule has 1 aromatic rings. The molecule has 1 rings (SSSR count). The van der Waals surface area contributed by atoms with Gasteiger partial charge in [0.15, 0.2) is 0 Å². The summed E-state index contributed by atoms with van der Waals surface area (Å²) in [6, 6.07) is 4.26. The van der Waals surface area contributed by atoms with Crippen LogP contribution in [0.2, 0.25) is 5.02 Å². The van der Waals surface area contributed by atoms with E-state index in [1.165, 1.54) is 24.0 Å². The Labute approximate surface area is 87.3 Å². The Morgan fingerprint density at radius 1 is 1.57 bits per heavy atom. The Hall–Kier alpha value is -1.09. The van der Waals surface area contributed by atoms with Gasteiger partial charge in [0, 0.05) is 18.5 Å². The molecular weight excluding hydrogens is 205 g/mol. The number of rotatable bonds is 2. The SMILES string of the molecule is CCN(C(C)=O)c1ccc(Cl)cc1F. The highest BCUT2D eigenvalue weighted by atomic mass is 35.5. The first-order valence-corrected chi connectivity index (χ1v) is 4.67. The summed E-state index contributed by atoms with van der Waals surface area (Å²) in [4.78, 5) is 12.5. The van der Waals surface area contributed by atoms with Crippen LogP contribution in [0.4, 0.5) is 10.1 Å². The van der Waals surface area contributed by atoms with E-state index in [2.05, 4.69) is 0 Å². The summed E-state index contributed by atoms with van der Waals surface area (Å²) in [7, 11) is 0. The van der Waals surface area contributed by atoms with Crippen molar-refractivity contribution in [2.45, 2.75) is 13.8 Å². The lowest BCUT2D eigenvalue weighted by atomic mass is 10.2. The molecule has 0 radical (unpaired) electrons. The smallest absolute Gasteiger partial charge is 0.223 e. The molecule has 0 spiro atoms. The van der Waals surface area contributed by atoms with Crippen LogP contribution < -0.4 is 4.90 Å². The molecule has 0 N–H and O–H groups in total. The zero-order valence-corrected chi connectivity index (χ0v) is 8.81. The summed E-state index contributed by atoms with van der Waals surface area (Å²) in [5.41, 5.74) is 0.268. The van der Waals surface area contributed by atoms with Gasteiger partial charge in [-0.05, 0) is 25.1 Å². The zero-order chi connectivity index (χ0) is 10.7. The Kier molecular flexibility index (Phi) is 3.47. The largest absolute Gasteiger partial charge is 0.310 e. The van der Waals surface area contributed by atoms with Gasteiger partial charge in [0.2, 0.25) is 5.91 Å². The van der Waals surface area contributed by atoms with Gasteiger partial charge in [0.05, 0.1) is 5.69 Å². The highest BCUT2D eigenvalue weighted by Gasteiger charge is 2.13. The Balaban J connectivity index is 3.10. The highest BCUT2D eigenvalue weighted by molar-refractivity contribution is 6.30. The number of benzene rings is 1. The van der Waals surface area contributed by atoms with E-state index in [9.17, 15) is 9.18 Å². The maximum atomic E-state index is 13.4. The Bertz CT molecular complexity index is 354. The van der Waals surface area contributed by atoms with Crippen LogP contribution >= 0.6 is 11.6 Å². The number of nitrogens with zero attached hydrogens (tertiary/aromatic N) is 1. The molecule has 0 heterocycles. The lowest BCUT2D eigenvalue weighted by molar-refractivity contribution is -0.116. The van der Waals surface area contributed by atoms with Gasteiger partial charge in [0.25, 0.3) is 0 Å². The summed E-state index contributed by atoms with van der Waals surface area (Å²) in [6.07, 6.45) is 0. The second-order valence-electron chi connectivity index (χ2n) is 2.86. The molecule has 0 atom stereocenters. The van der Waals surface area contributed by atoms with Crippen molar-refractivity contribution in [1.82, 2.24) is 0 Å². The fraction of sp³-hybridized carbons (Fsp3) is 0.300. The number of amides is 1. The van der Waals surface area contributed by atoms with E-state index in [4.69, 9.17) is 11.6 Å². The number of carbonyl (C=O) groups is 1. The molecule has 0 unspecified atom stereocenters. The molecule has 76 valence electrons. The second kappa shape index (κ2) is 4.42. The van der Waals surface area contributed by atoms with Gasteiger partial charge in [-0.2, -0.15) is 0 Å². The van der Waals surface area contributed by atoms with Crippen LogP contribution in [0, 0.1) is 5.82 Å². The fourth-order valence-electron chi connectivity index (χ4n) is 1.26. The molecule has 1 amide bonds. The number of hydrogen-bond donors (Lipinski definition) is 0. The van der Waals surface area contributed by atoms with E-state index < -0.39 is 5.82 Å². The van der Waals surface area contributed by atoms with E-state index in [-0.39, 0.29) is 11.6 Å². The topological polar surface area (TPSA) is 20.3 Å². The van der Waals surface area contributed by atoms with Crippen molar-refractivity contribution in [3.8, 4) is 0 Å². The highest BCUT2D eigenvalue weighted by Crippen LogP contribution is 2.22. The summed E-state index contributed by atoms with van der Waals surface area (Å²) in [5, 5.41) is 0.325. The molecule has 0 saturated heterocycles. The first-order chi connectivity index (χ1) is 6.56. The van der Waals surface area contributed by atoms with Crippen LogP contribution in [0.1, 0.15) is 13.8 Å². The molecule has 14 heavy (non-hydrogen) atoms. The minimum absolute atomic E-state index is 0.186. The van der Waals surface area contributed by atoms with Gasteiger partial charge in [-0.3, -0.25) is 4.79 Å². The fourth-order valence-corrected chi connectivity index (χ4v) is 1.42. The number of carbonyl (C=O) groups excluding carboxylic acids is 1. The van der Waals surface area contributed by atoms with Crippen LogP contribution in [0.25, 0.3) is 0 Å². The number of anilines is 1. The summed E-state index contributed by atoms with van der Waals surface area (Å²) < 4.78 is 13.4. The van der Waals surface area contributed by atoms with Crippen molar-refractivity contribution in [2.24, 2.45) is 0 Å². The standard InChI is InChI=1S/C10H11ClFNO/c1-3-13(7(2)14)10-5-4-8(11)6-9(10)12/h4-6H,3H2,1-2H3. The molecule has 4 heteroatoms. The minimum atomic E-state index is -0.477. The van der Waals surface area contributed by atoms with Crippen LogP contribution in [-0.2, 0) is 4.79 Å². The third kappa shape index (κ3) is 2.23. The zero-order valence-electron chi connectivity index (χ0n) is 8.05. The van der Waals surface area contributed by atoms with E-state index in [1.807, 2.05) is 0 Å². The van der Waals surface area contributed by atoms with Crippen LogP contribution in [-0.4, -0.2) is 12.5 Å². The van der Waals surface area contributed by atoms with Gasteiger partial charge in [0.1, 0.15) is 5.82 Å². The average Bonchev–Trinajstić information content (AvgIpc) is 2.09. The van der Waals surface area contributed by atoms with E-state index in [0.717, 1.165) is 0 Å². The predicted octanol–water partition coefficient (Wildman–Crippen LogP) is 2.85. The van der Waals surface area contributed by atoms with Crippen molar-refractivity contribution in [3.05, 3.63) is 29.0 Å². The number of hydrogen-bond acceptors (Lipinski definition) is 1. The average molecular weight is 216 g/mol. The molecule has 0 aliphatic rings. The molecular formula is C10H11ClFNO. The summed E-state index contributed by atoms with van der Waals surface area (Å²) >= 11 is 5.60. The Morgan fingerprint density at radius 3 is 2.64 bits per heavy atom. The molecule has 2 nitrogen and oxygen atoms in total. The molecule has 0 bridgehead atoms. The van der Waals surface area contributed by atoms with Crippen LogP contribution in [0.5, 0.6) is 0 Å². The maximum Gasteiger partial charge on any atom is 0.223 e. The molecule has 0 aromatic heterocycles. The first-order valence-electron chi connectivity index (χ1n) is 4.29. The van der Waals surface area contributed by atoms with E-state index >= 15 is 0 Å². The van der Waals surface area contributed by atoms with Crippen molar-refractivity contribution >= 4 is 23.2 Å². The van der Waals surface area contributed by atoms with Crippen LogP contribution in [0.3, 0.4) is 0 Å². The summed E-state index contributed by atoms with van der Waals surface area (Å²) in [6.45, 7) is 3.63. The third-order valence-corrected chi connectivity index (χ3v) is 2.13. The van der Waals surface area contributed by atoms with Gasteiger partial charge in [-0.15, -0.1) is 0 Å². The minimum Gasteiger partial charge on any atom is -0.310 e. The first kappa shape index (κ1) is 11.0. The van der Waals surface area contributed by atoms with Crippen molar-refractivity contribution < 1.29 is 9.18 Å². The number of halogens is 2.